The van der Waals surface area contributed by atoms with Gasteiger partial charge in [-0.3, -0.25) is 9.59 Å². The van der Waals surface area contributed by atoms with Crippen molar-refractivity contribution in [3.05, 3.63) is 24.3 Å². The van der Waals surface area contributed by atoms with Gasteiger partial charge in [0.05, 0.1) is 12.5 Å². The van der Waals surface area contributed by atoms with Gasteiger partial charge < -0.3 is 25.4 Å². The Morgan fingerprint density at radius 1 is 1.46 bits per heavy atom. The van der Waals surface area contributed by atoms with Crippen molar-refractivity contribution in [1.29, 1.82) is 0 Å². The SMILES string of the molecule is COC(CN)CC(=O)NC1CCN(c2cccc(OC(F)(F)F)c2)C1=O. The van der Waals surface area contributed by atoms with E-state index in [0.29, 0.717) is 6.42 Å². The monoisotopic (exact) mass is 375 g/mol. The Balaban J connectivity index is 2.00. The minimum Gasteiger partial charge on any atom is -0.406 e. The Morgan fingerprint density at radius 2 is 2.19 bits per heavy atom. The fourth-order valence-corrected chi connectivity index (χ4v) is 2.64. The molecule has 144 valence electrons. The molecule has 10 heteroatoms. The van der Waals surface area contributed by atoms with Gasteiger partial charge in [-0.05, 0) is 18.6 Å². The summed E-state index contributed by atoms with van der Waals surface area (Å²) >= 11 is 0. The number of nitrogens with zero attached hydrogens (tertiary/aromatic N) is 1. The van der Waals surface area contributed by atoms with Crippen LogP contribution in [0.2, 0.25) is 0 Å². The van der Waals surface area contributed by atoms with E-state index >= 15 is 0 Å². The standard InChI is InChI=1S/C16H20F3N3O4/c1-25-12(9-20)8-14(23)21-13-5-6-22(15(13)24)10-3-2-4-11(7-10)26-16(17,18)19/h2-4,7,12-13H,5-6,8-9,20H2,1H3,(H,21,23). The number of methoxy groups -OCH3 is 1. The summed E-state index contributed by atoms with van der Waals surface area (Å²) in [6, 6.07) is 4.39. The number of hydrogen-bond acceptors (Lipinski definition) is 5. The van der Waals surface area contributed by atoms with E-state index in [-0.39, 0.29) is 31.1 Å². The zero-order valence-electron chi connectivity index (χ0n) is 14.1. The molecule has 1 saturated heterocycles. The maximum absolute atomic E-state index is 12.5. The largest absolute Gasteiger partial charge is 0.573 e. The van der Waals surface area contributed by atoms with Crippen molar-refractivity contribution in [2.24, 2.45) is 5.73 Å². The zero-order valence-corrected chi connectivity index (χ0v) is 14.1. The second-order valence-electron chi connectivity index (χ2n) is 5.74. The van der Waals surface area contributed by atoms with Gasteiger partial charge in [0.25, 0.3) is 0 Å². The molecule has 1 fully saturated rings. The summed E-state index contributed by atoms with van der Waals surface area (Å²) in [6.45, 7) is 0.435. The number of amides is 2. The normalized spacial score (nSPS) is 18.7. The Bertz CT molecular complexity index is 650. The molecule has 1 aromatic rings. The Hall–Kier alpha value is -2.33. The molecular weight excluding hydrogens is 355 g/mol. The van der Waals surface area contributed by atoms with Gasteiger partial charge in [-0.15, -0.1) is 13.2 Å². The zero-order chi connectivity index (χ0) is 19.3. The first-order valence-corrected chi connectivity index (χ1v) is 7.93. The number of rotatable bonds is 7. The number of alkyl halides is 3. The molecule has 7 nitrogen and oxygen atoms in total. The number of nitrogens with one attached hydrogen (secondary N) is 1. The summed E-state index contributed by atoms with van der Waals surface area (Å²) in [4.78, 5) is 25.7. The maximum atomic E-state index is 12.5. The predicted octanol–water partition coefficient (Wildman–Crippen LogP) is 1.17. The van der Waals surface area contributed by atoms with Crippen molar-refractivity contribution in [3.63, 3.8) is 0 Å². The Kier molecular flexibility index (Phi) is 6.43. The number of nitrogens with two attached hydrogens (primary N) is 1. The van der Waals surface area contributed by atoms with Gasteiger partial charge in [0, 0.05) is 32.0 Å². The fourth-order valence-electron chi connectivity index (χ4n) is 2.64. The molecule has 2 unspecified atom stereocenters. The second-order valence-corrected chi connectivity index (χ2v) is 5.74. The molecule has 1 aliphatic rings. The summed E-state index contributed by atoms with van der Waals surface area (Å²) in [5, 5.41) is 2.60. The van der Waals surface area contributed by atoms with Crippen molar-refractivity contribution < 1.29 is 32.2 Å². The number of benzene rings is 1. The lowest BCUT2D eigenvalue weighted by Gasteiger charge is -2.19. The summed E-state index contributed by atoms with van der Waals surface area (Å²) < 4.78 is 45.9. The van der Waals surface area contributed by atoms with Crippen LogP contribution in [0.15, 0.2) is 24.3 Å². The summed E-state index contributed by atoms with van der Waals surface area (Å²) in [5.74, 6) is -1.19. The van der Waals surface area contributed by atoms with Crippen LogP contribution in [-0.2, 0) is 14.3 Å². The molecule has 1 heterocycles. The van der Waals surface area contributed by atoms with Crippen molar-refractivity contribution in [2.45, 2.75) is 31.3 Å². The van der Waals surface area contributed by atoms with Crippen molar-refractivity contribution >= 4 is 17.5 Å². The molecule has 2 amide bonds. The third-order valence-electron chi connectivity index (χ3n) is 3.91. The average Bonchev–Trinajstić information content (AvgIpc) is 2.92. The van der Waals surface area contributed by atoms with E-state index in [1.807, 2.05) is 0 Å². The van der Waals surface area contributed by atoms with Crippen LogP contribution in [-0.4, -0.2) is 50.5 Å². The van der Waals surface area contributed by atoms with Crippen LogP contribution in [0.4, 0.5) is 18.9 Å². The number of ether oxygens (including phenoxy) is 2. The molecule has 2 atom stereocenters. The summed E-state index contributed by atoms with van der Waals surface area (Å²) in [6.07, 6.45) is -4.90. The Labute approximate surface area is 148 Å². The first kappa shape index (κ1) is 20.0. The third kappa shape index (κ3) is 5.33. The third-order valence-corrected chi connectivity index (χ3v) is 3.91. The minimum absolute atomic E-state index is 0.0195. The first-order chi connectivity index (χ1) is 12.2. The predicted molar refractivity (Wildman–Crippen MR) is 86.5 cm³/mol. The van der Waals surface area contributed by atoms with Gasteiger partial charge in [0.1, 0.15) is 11.8 Å². The summed E-state index contributed by atoms with van der Waals surface area (Å²) in [5.41, 5.74) is 5.72. The molecule has 0 aromatic heterocycles. The summed E-state index contributed by atoms with van der Waals surface area (Å²) in [7, 11) is 1.43. The van der Waals surface area contributed by atoms with Crippen molar-refractivity contribution in [2.75, 3.05) is 25.1 Å². The van der Waals surface area contributed by atoms with Crippen molar-refractivity contribution in [3.8, 4) is 5.75 Å². The second kappa shape index (κ2) is 8.37. The van der Waals surface area contributed by atoms with Gasteiger partial charge in [0.15, 0.2) is 0 Å². The average molecular weight is 375 g/mol. The first-order valence-electron chi connectivity index (χ1n) is 7.93. The fraction of sp³-hybridized carbons (Fsp3) is 0.500. The van der Waals surface area contributed by atoms with E-state index in [1.165, 1.54) is 24.1 Å². The molecule has 1 aromatic carbocycles. The highest BCUT2D eigenvalue weighted by atomic mass is 19.4. The highest BCUT2D eigenvalue weighted by Gasteiger charge is 2.35. The van der Waals surface area contributed by atoms with Gasteiger partial charge >= 0.3 is 6.36 Å². The Morgan fingerprint density at radius 3 is 2.81 bits per heavy atom. The molecule has 0 saturated carbocycles. The van der Waals surface area contributed by atoms with E-state index in [4.69, 9.17) is 10.5 Å². The molecular formula is C16H20F3N3O4. The number of carbonyl (C=O) groups is 2. The molecule has 3 N–H and O–H groups in total. The van der Waals surface area contributed by atoms with E-state index in [2.05, 4.69) is 10.1 Å². The molecule has 0 bridgehead atoms. The van der Waals surface area contributed by atoms with Crippen LogP contribution in [0.3, 0.4) is 0 Å². The van der Waals surface area contributed by atoms with Crippen LogP contribution in [0, 0.1) is 0 Å². The van der Waals surface area contributed by atoms with E-state index in [0.717, 1.165) is 12.1 Å². The maximum Gasteiger partial charge on any atom is 0.573 e. The molecule has 2 rings (SSSR count). The van der Waals surface area contributed by atoms with Crippen molar-refractivity contribution in [1.82, 2.24) is 5.32 Å². The van der Waals surface area contributed by atoms with Crippen LogP contribution >= 0.6 is 0 Å². The molecule has 0 radical (unpaired) electrons. The smallest absolute Gasteiger partial charge is 0.406 e. The molecule has 0 aliphatic carbocycles. The topological polar surface area (TPSA) is 93.9 Å². The number of hydrogen-bond donors (Lipinski definition) is 2. The lowest BCUT2D eigenvalue weighted by molar-refractivity contribution is -0.274. The molecule has 26 heavy (non-hydrogen) atoms. The van der Waals surface area contributed by atoms with E-state index in [1.54, 1.807) is 0 Å². The van der Waals surface area contributed by atoms with Crippen LogP contribution in [0.25, 0.3) is 0 Å². The number of carbonyl (C=O) groups excluding carboxylic acids is 2. The highest BCUT2D eigenvalue weighted by molar-refractivity contribution is 6.01. The number of anilines is 1. The van der Waals surface area contributed by atoms with Crippen LogP contribution in [0.1, 0.15) is 12.8 Å². The molecule has 0 spiro atoms. The van der Waals surface area contributed by atoms with Gasteiger partial charge in [0.2, 0.25) is 11.8 Å². The van der Waals surface area contributed by atoms with E-state index in [9.17, 15) is 22.8 Å². The van der Waals surface area contributed by atoms with Gasteiger partial charge in [-0.1, -0.05) is 6.07 Å². The lowest BCUT2D eigenvalue weighted by atomic mass is 10.2. The highest BCUT2D eigenvalue weighted by Crippen LogP contribution is 2.29. The minimum atomic E-state index is -4.81. The van der Waals surface area contributed by atoms with Gasteiger partial charge in [-0.2, -0.15) is 0 Å². The van der Waals surface area contributed by atoms with Crippen LogP contribution < -0.4 is 20.7 Å². The van der Waals surface area contributed by atoms with E-state index < -0.39 is 30.2 Å². The number of halogens is 3. The quantitative estimate of drug-likeness (QED) is 0.746. The lowest BCUT2D eigenvalue weighted by Crippen LogP contribution is -2.43. The molecule has 1 aliphatic heterocycles. The van der Waals surface area contributed by atoms with Crippen LogP contribution in [0.5, 0.6) is 5.75 Å². The van der Waals surface area contributed by atoms with Gasteiger partial charge in [-0.25, -0.2) is 0 Å².